The van der Waals surface area contributed by atoms with E-state index < -0.39 is 0 Å². The van der Waals surface area contributed by atoms with Crippen LogP contribution in [0.25, 0.3) is 0 Å². The van der Waals surface area contributed by atoms with Gasteiger partial charge < -0.3 is 15.8 Å². The fraction of sp³-hybridized carbons (Fsp3) is 0.462. The standard InChI is InChI=1S/C13H18N2O2/c1-8-5-11(3-4-12(8)14)15-13(16)10-6-9(2)17-7-10/h3-5,9-10H,6-7,14H2,1-2H3,(H,15,16). The van der Waals surface area contributed by atoms with Crippen molar-refractivity contribution in [3.8, 4) is 0 Å². The quantitative estimate of drug-likeness (QED) is 0.769. The van der Waals surface area contributed by atoms with Crippen molar-refractivity contribution in [2.45, 2.75) is 26.4 Å². The molecule has 0 bridgehead atoms. The van der Waals surface area contributed by atoms with E-state index in [0.717, 1.165) is 23.4 Å². The van der Waals surface area contributed by atoms with Gasteiger partial charge in [0.05, 0.1) is 18.6 Å². The number of nitrogens with one attached hydrogen (secondary N) is 1. The fourth-order valence-corrected chi connectivity index (χ4v) is 2.00. The third-order valence-electron chi connectivity index (χ3n) is 3.11. The molecule has 0 aliphatic carbocycles. The molecule has 2 rings (SSSR count). The molecule has 92 valence electrons. The highest BCUT2D eigenvalue weighted by Gasteiger charge is 2.28. The molecule has 4 heteroatoms. The normalized spacial score (nSPS) is 23.6. The number of hydrogen-bond donors (Lipinski definition) is 2. The molecule has 1 aromatic carbocycles. The van der Waals surface area contributed by atoms with E-state index in [9.17, 15) is 4.79 Å². The zero-order chi connectivity index (χ0) is 12.4. The van der Waals surface area contributed by atoms with Gasteiger partial charge in [0.15, 0.2) is 0 Å². The maximum Gasteiger partial charge on any atom is 0.229 e. The molecule has 0 spiro atoms. The van der Waals surface area contributed by atoms with Crippen molar-refractivity contribution in [2.24, 2.45) is 5.92 Å². The summed E-state index contributed by atoms with van der Waals surface area (Å²) >= 11 is 0. The lowest BCUT2D eigenvalue weighted by atomic mass is 10.1. The van der Waals surface area contributed by atoms with E-state index in [1.54, 1.807) is 6.07 Å². The molecule has 2 atom stereocenters. The Morgan fingerprint density at radius 3 is 2.88 bits per heavy atom. The third-order valence-corrected chi connectivity index (χ3v) is 3.11. The van der Waals surface area contributed by atoms with Crippen LogP contribution in [0.4, 0.5) is 11.4 Å². The summed E-state index contributed by atoms with van der Waals surface area (Å²) in [6.45, 7) is 4.42. The summed E-state index contributed by atoms with van der Waals surface area (Å²) in [4.78, 5) is 11.9. The summed E-state index contributed by atoms with van der Waals surface area (Å²) in [5.74, 6) is -0.0126. The number of nitrogen functional groups attached to an aromatic ring is 1. The number of nitrogens with two attached hydrogens (primary N) is 1. The Kier molecular flexibility index (Phi) is 3.33. The first-order valence-electron chi connectivity index (χ1n) is 5.85. The predicted octanol–water partition coefficient (Wildman–Crippen LogP) is 1.94. The molecule has 1 aliphatic rings. The number of anilines is 2. The number of carbonyl (C=O) groups is 1. The second-order valence-electron chi connectivity index (χ2n) is 4.64. The Bertz CT molecular complexity index is 431. The first-order valence-corrected chi connectivity index (χ1v) is 5.85. The maximum atomic E-state index is 11.9. The monoisotopic (exact) mass is 234 g/mol. The summed E-state index contributed by atoms with van der Waals surface area (Å²) in [6, 6.07) is 5.50. The molecular weight excluding hydrogens is 216 g/mol. The van der Waals surface area contributed by atoms with Gasteiger partial charge in [-0.3, -0.25) is 4.79 Å². The maximum absolute atomic E-state index is 11.9. The van der Waals surface area contributed by atoms with Gasteiger partial charge in [0, 0.05) is 11.4 Å². The lowest BCUT2D eigenvalue weighted by Crippen LogP contribution is -2.23. The van der Waals surface area contributed by atoms with Gasteiger partial charge in [-0.2, -0.15) is 0 Å². The van der Waals surface area contributed by atoms with Crippen LogP contribution in [0.15, 0.2) is 18.2 Å². The average molecular weight is 234 g/mol. The SMILES string of the molecule is Cc1cc(NC(=O)C2COC(C)C2)ccc1N. The summed E-state index contributed by atoms with van der Waals surface area (Å²) in [6.07, 6.45) is 0.971. The largest absolute Gasteiger partial charge is 0.399 e. The molecule has 17 heavy (non-hydrogen) atoms. The first kappa shape index (κ1) is 11.9. The van der Waals surface area contributed by atoms with Crippen LogP contribution in [0.2, 0.25) is 0 Å². The summed E-state index contributed by atoms with van der Waals surface area (Å²) in [5.41, 5.74) is 8.23. The van der Waals surface area contributed by atoms with Crippen molar-refractivity contribution in [3.63, 3.8) is 0 Å². The number of hydrogen-bond acceptors (Lipinski definition) is 3. The number of amides is 1. The minimum atomic E-state index is -0.0390. The number of carbonyl (C=O) groups excluding carboxylic acids is 1. The Hall–Kier alpha value is -1.55. The van der Waals surface area contributed by atoms with Crippen LogP contribution in [-0.2, 0) is 9.53 Å². The van der Waals surface area contributed by atoms with Gasteiger partial charge in [-0.25, -0.2) is 0 Å². The van der Waals surface area contributed by atoms with Crippen LogP contribution in [0.3, 0.4) is 0 Å². The molecular formula is C13H18N2O2. The minimum Gasteiger partial charge on any atom is -0.399 e. The molecule has 4 nitrogen and oxygen atoms in total. The van der Waals surface area contributed by atoms with E-state index in [-0.39, 0.29) is 17.9 Å². The van der Waals surface area contributed by atoms with E-state index in [2.05, 4.69) is 5.32 Å². The average Bonchev–Trinajstić information content (AvgIpc) is 2.70. The van der Waals surface area contributed by atoms with Crippen LogP contribution in [-0.4, -0.2) is 18.6 Å². The van der Waals surface area contributed by atoms with Crippen LogP contribution >= 0.6 is 0 Å². The Labute approximate surface area is 101 Å². The van der Waals surface area contributed by atoms with Gasteiger partial charge in [-0.15, -0.1) is 0 Å². The fourth-order valence-electron chi connectivity index (χ4n) is 2.00. The predicted molar refractivity (Wildman–Crippen MR) is 67.7 cm³/mol. The highest BCUT2D eigenvalue weighted by molar-refractivity contribution is 5.93. The summed E-state index contributed by atoms with van der Waals surface area (Å²) in [5, 5.41) is 2.90. The Morgan fingerprint density at radius 2 is 2.29 bits per heavy atom. The second kappa shape index (κ2) is 4.75. The van der Waals surface area contributed by atoms with E-state index in [1.807, 2.05) is 26.0 Å². The van der Waals surface area contributed by atoms with E-state index in [4.69, 9.17) is 10.5 Å². The van der Waals surface area contributed by atoms with Crippen molar-refractivity contribution < 1.29 is 9.53 Å². The highest BCUT2D eigenvalue weighted by atomic mass is 16.5. The third kappa shape index (κ3) is 2.77. The number of aryl methyl sites for hydroxylation is 1. The van der Waals surface area contributed by atoms with Crippen molar-refractivity contribution in [1.82, 2.24) is 0 Å². The van der Waals surface area contributed by atoms with E-state index >= 15 is 0 Å². The lowest BCUT2D eigenvalue weighted by molar-refractivity contribution is -0.119. The van der Waals surface area contributed by atoms with Gasteiger partial charge in [0.2, 0.25) is 5.91 Å². The van der Waals surface area contributed by atoms with Gasteiger partial charge >= 0.3 is 0 Å². The minimum absolute atomic E-state index is 0.0264. The van der Waals surface area contributed by atoms with Gasteiger partial charge in [-0.1, -0.05) is 0 Å². The molecule has 1 amide bonds. The van der Waals surface area contributed by atoms with E-state index in [1.165, 1.54) is 0 Å². The second-order valence-corrected chi connectivity index (χ2v) is 4.64. The number of ether oxygens (including phenoxy) is 1. The molecule has 0 saturated carbocycles. The van der Waals surface area contributed by atoms with Gasteiger partial charge in [0.25, 0.3) is 0 Å². The first-order chi connectivity index (χ1) is 8.06. The van der Waals surface area contributed by atoms with Crippen molar-refractivity contribution in [2.75, 3.05) is 17.7 Å². The van der Waals surface area contributed by atoms with Gasteiger partial charge in [0.1, 0.15) is 0 Å². The topological polar surface area (TPSA) is 64.3 Å². The molecule has 1 heterocycles. The van der Waals surface area contributed by atoms with Crippen LogP contribution < -0.4 is 11.1 Å². The van der Waals surface area contributed by atoms with Crippen LogP contribution in [0, 0.1) is 12.8 Å². The molecule has 1 fully saturated rings. The molecule has 0 radical (unpaired) electrons. The number of rotatable bonds is 2. The van der Waals surface area contributed by atoms with Crippen molar-refractivity contribution in [3.05, 3.63) is 23.8 Å². The molecule has 1 aliphatic heterocycles. The Balaban J connectivity index is 2.00. The van der Waals surface area contributed by atoms with Crippen molar-refractivity contribution >= 4 is 17.3 Å². The lowest BCUT2D eigenvalue weighted by Gasteiger charge is -2.10. The smallest absolute Gasteiger partial charge is 0.229 e. The molecule has 3 N–H and O–H groups in total. The highest BCUT2D eigenvalue weighted by Crippen LogP contribution is 2.22. The summed E-state index contributed by atoms with van der Waals surface area (Å²) < 4.78 is 5.39. The van der Waals surface area contributed by atoms with E-state index in [0.29, 0.717) is 6.61 Å². The molecule has 1 saturated heterocycles. The molecule has 1 aromatic rings. The van der Waals surface area contributed by atoms with Crippen LogP contribution in [0.1, 0.15) is 18.9 Å². The zero-order valence-corrected chi connectivity index (χ0v) is 10.2. The Morgan fingerprint density at radius 1 is 1.53 bits per heavy atom. The summed E-state index contributed by atoms with van der Waals surface area (Å²) in [7, 11) is 0. The molecule has 2 unspecified atom stereocenters. The van der Waals surface area contributed by atoms with Crippen molar-refractivity contribution in [1.29, 1.82) is 0 Å². The number of benzene rings is 1. The van der Waals surface area contributed by atoms with Crippen LogP contribution in [0.5, 0.6) is 0 Å². The van der Waals surface area contributed by atoms with Gasteiger partial charge in [-0.05, 0) is 44.0 Å². The molecule has 0 aromatic heterocycles. The zero-order valence-electron chi connectivity index (χ0n) is 10.2.